The molecule has 11 heavy (non-hydrogen) atoms. The summed E-state index contributed by atoms with van der Waals surface area (Å²) in [7, 11) is 0. The molecule has 0 heterocycles. The molecule has 1 aromatic carbocycles. The van der Waals surface area contributed by atoms with Gasteiger partial charge in [0.25, 0.3) is 0 Å². The molecule has 0 amide bonds. The van der Waals surface area contributed by atoms with Crippen LogP contribution in [0.25, 0.3) is 0 Å². The molecule has 0 atom stereocenters. The number of rotatable bonds is 1. The van der Waals surface area contributed by atoms with Gasteiger partial charge in [-0.15, -0.1) is 0 Å². The molecule has 0 fully saturated rings. The molecule has 54 valence electrons. The Bertz CT molecular complexity index is 267. The zero-order chi connectivity index (χ0) is 7.56. The van der Waals surface area contributed by atoms with E-state index in [9.17, 15) is 4.79 Å². The Balaban J connectivity index is 0. The Labute approximate surface area is 96.5 Å². The first-order valence-electron chi connectivity index (χ1n) is 2.69. The molecule has 0 radical (unpaired) electrons. The molecule has 0 bridgehead atoms. The Kier molecular flexibility index (Phi) is 5.01. The van der Waals surface area contributed by atoms with Crippen LogP contribution >= 0.6 is 15.9 Å². The second-order valence-corrected chi connectivity index (χ2v) is 2.64. The van der Waals surface area contributed by atoms with Crippen LogP contribution in [0, 0.1) is 0 Å². The first-order valence-corrected chi connectivity index (χ1v) is 3.49. The molecule has 1 aromatic rings. The quantitative estimate of drug-likeness (QED) is 0.639. The Morgan fingerprint density at radius 1 is 1.45 bits per heavy atom. The minimum absolute atomic E-state index is 0. The van der Waals surface area contributed by atoms with E-state index < -0.39 is 5.97 Å². The van der Waals surface area contributed by atoms with Crippen LogP contribution in [0.2, 0.25) is 0 Å². The van der Waals surface area contributed by atoms with Crippen LogP contribution < -0.4 is 29.6 Å². The van der Waals surface area contributed by atoms with Crippen LogP contribution in [-0.2, 0) is 0 Å². The van der Waals surface area contributed by atoms with Gasteiger partial charge in [-0.25, -0.2) is 4.79 Å². The van der Waals surface area contributed by atoms with Crippen molar-refractivity contribution >= 4 is 21.9 Å². The van der Waals surface area contributed by atoms with E-state index in [2.05, 4.69) is 15.9 Å². The molecule has 0 spiro atoms. The zero-order valence-electron chi connectivity index (χ0n) is 7.04. The van der Waals surface area contributed by atoms with Crippen molar-refractivity contribution < 1.29 is 40.9 Å². The summed E-state index contributed by atoms with van der Waals surface area (Å²) >= 11 is 3.12. The third kappa shape index (κ3) is 2.95. The molecular formula is C7H6BrNaO2. The van der Waals surface area contributed by atoms with Gasteiger partial charge in [0, 0.05) is 4.47 Å². The molecule has 1 N–H and O–H groups in total. The summed E-state index contributed by atoms with van der Waals surface area (Å²) in [6, 6.07) is 6.71. The van der Waals surface area contributed by atoms with Gasteiger partial charge < -0.3 is 6.53 Å². The van der Waals surface area contributed by atoms with Crippen molar-refractivity contribution in [3.05, 3.63) is 34.3 Å². The average molecular weight is 225 g/mol. The van der Waals surface area contributed by atoms with Gasteiger partial charge in [-0.05, 0) is 28.1 Å². The van der Waals surface area contributed by atoms with E-state index in [-0.39, 0.29) is 31.0 Å². The number of aromatic carboxylic acids is 1. The van der Waals surface area contributed by atoms with E-state index in [4.69, 9.17) is 5.11 Å². The van der Waals surface area contributed by atoms with Crippen molar-refractivity contribution in [1.82, 2.24) is 0 Å². The Morgan fingerprint density at radius 3 is 2.36 bits per heavy atom. The van der Waals surface area contributed by atoms with Gasteiger partial charge in [-0.1, -0.05) is 12.1 Å². The normalized spacial score (nSPS) is 8.45. The van der Waals surface area contributed by atoms with E-state index in [1.807, 2.05) is 0 Å². The van der Waals surface area contributed by atoms with Crippen molar-refractivity contribution in [3.8, 4) is 0 Å². The van der Waals surface area contributed by atoms with Crippen LogP contribution in [0.5, 0.6) is 0 Å². The Hall–Kier alpha value is 0.170. The molecule has 0 aliphatic heterocycles. The third-order valence-corrected chi connectivity index (χ3v) is 1.80. The Morgan fingerprint density at radius 2 is 2.00 bits per heavy atom. The van der Waals surface area contributed by atoms with Crippen LogP contribution in [-0.4, -0.2) is 11.1 Å². The first-order chi connectivity index (χ1) is 4.72. The summed E-state index contributed by atoms with van der Waals surface area (Å²) in [4.78, 5) is 10.4. The van der Waals surface area contributed by atoms with Crippen LogP contribution in [0.1, 0.15) is 11.8 Å². The zero-order valence-corrected chi connectivity index (χ0v) is 9.63. The maximum absolute atomic E-state index is 10.4. The fraction of sp³-hybridized carbons (Fsp3) is 0. The predicted molar refractivity (Wildman–Crippen MR) is 42.2 cm³/mol. The van der Waals surface area contributed by atoms with Crippen molar-refractivity contribution in [1.29, 1.82) is 0 Å². The van der Waals surface area contributed by atoms with E-state index in [1.54, 1.807) is 24.3 Å². The van der Waals surface area contributed by atoms with Crippen molar-refractivity contribution in [2.24, 2.45) is 0 Å². The smallest absolute Gasteiger partial charge is 1.00 e. The van der Waals surface area contributed by atoms with Gasteiger partial charge >= 0.3 is 35.5 Å². The number of halogens is 1. The van der Waals surface area contributed by atoms with Crippen molar-refractivity contribution in [3.63, 3.8) is 0 Å². The molecule has 4 heteroatoms. The number of hydrogen-bond donors (Lipinski definition) is 1. The van der Waals surface area contributed by atoms with Gasteiger partial charge in [0.05, 0.1) is 5.56 Å². The monoisotopic (exact) mass is 224 g/mol. The number of carboxylic acids is 1. The predicted octanol–water partition coefficient (Wildman–Crippen LogP) is -0.736. The molecular weight excluding hydrogens is 219 g/mol. The second-order valence-electron chi connectivity index (χ2n) is 1.78. The van der Waals surface area contributed by atoms with E-state index in [1.165, 1.54) is 0 Å². The number of benzene rings is 1. The molecule has 0 unspecified atom stereocenters. The molecule has 0 aliphatic rings. The minimum Gasteiger partial charge on any atom is -1.00 e. The largest absolute Gasteiger partial charge is 1.00 e. The maximum atomic E-state index is 10.4. The topological polar surface area (TPSA) is 37.3 Å². The number of hydrogen-bond acceptors (Lipinski definition) is 1. The van der Waals surface area contributed by atoms with Crippen molar-refractivity contribution in [2.45, 2.75) is 0 Å². The summed E-state index contributed by atoms with van der Waals surface area (Å²) in [5, 5.41) is 8.54. The summed E-state index contributed by atoms with van der Waals surface area (Å²) in [6.07, 6.45) is 0. The van der Waals surface area contributed by atoms with E-state index in [0.29, 0.717) is 10.0 Å². The standard InChI is InChI=1S/C7H5BrO2.Na.H/c8-6-4-2-1-3-5(6)7(9)10;;/h1-4H,(H,9,10);;/q;+1;-1. The number of carbonyl (C=O) groups is 1. The molecule has 0 saturated carbocycles. The fourth-order valence-electron chi connectivity index (χ4n) is 0.635. The van der Waals surface area contributed by atoms with Crippen LogP contribution in [0.4, 0.5) is 0 Å². The van der Waals surface area contributed by atoms with Gasteiger partial charge in [-0.2, -0.15) is 0 Å². The third-order valence-electron chi connectivity index (χ3n) is 1.10. The summed E-state index contributed by atoms with van der Waals surface area (Å²) in [5.41, 5.74) is 0.294. The first kappa shape index (κ1) is 11.2. The molecule has 2 nitrogen and oxygen atoms in total. The van der Waals surface area contributed by atoms with Gasteiger partial charge in [-0.3, -0.25) is 0 Å². The number of carboxylic acid groups (broad SMARTS) is 1. The van der Waals surface area contributed by atoms with E-state index >= 15 is 0 Å². The molecule has 1 rings (SSSR count). The van der Waals surface area contributed by atoms with Crippen molar-refractivity contribution in [2.75, 3.05) is 0 Å². The maximum Gasteiger partial charge on any atom is 1.00 e. The summed E-state index contributed by atoms with van der Waals surface area (Å²) < 4.78 is 0.613. The second kappa shape index (κ2) is 4.93. The molecule has 0 aromatic heterocycles. The summed E-state index contributed by atoms with van der Waals surface area (Å²) in [6.45, 7) is 0. The van der Waals surface area contributed by atoms with Gasteiger partial charge in [0.2, 0.25) is 0 Å². The molecule has 0 aliphatic carbocycles. The van der Waals surface area contributed by atoms with Crippen LogP contribution in [0.3, 0.4) is 0 Å². The fourth-order valence-corrected chi connectivity index (χ4v) is 1.09. The van der Waals surface area contributed by atoms with Gasteiger partial charge in [0.15, 0.2) is 0 Å². The minimum atomic E-state index is -0.910. The molecule has 0 saturated heterocycles. The van der Waals surface area contributed by atoms with E-state index in [0.717, 1.165) is 0 Å². The average Bonchev–Trinajstić information content (AvgIpc) is 1.88. The van der Waals surface area contributed by atoms with Gasteiger partial charge in [0.1, 0.15) is 0 Å². The summed E-state index contributed by atoms with van der Waals surface area (Å²) in [5.74, 6) is -0.910. The SMILES string of the molecule is O=C(O)c1ccccc1Br.[H-].[Na+]. The van der Waals surface area contributed by atoms with Crippen LogP contribution in [0.15, 0.2) is 28.7 Å².